The van der Waals surface area contributed by atoms with Crippen LogP contribution in [0.1, 0.15) is 62.6 Å². The first kappa shape index (κ1) is 19.5. The highest BCUT2D eigenvalue weighted by atomic mass is 16.6. The third-order valence-electron chi connectivity index (χ3n) is 5.95. The maximum atomic E-state index is 12.2. The first-order chi connectivity index (χ1) is 13.9. The van der Waals surface area contributed by atoms with Crippen LogP contribution in [-0.2, 0) is 23.0 Å². The summed E-state index contributed by atoms with van der Waals surface area (Å²) in [6, 6.07) is 1.86. The number of hydrogen-bond donors (Lipinski definition) is 3. The molecule has 156 valence electrons. The lowest BCUT2D eigenvalue weighted by atomic mass is 9.79. The Bertz CT molecular complexity index is 884. The van der Waals surface area contributed by atoms with Crippen LogP contribution in [0.2, 0.25) is 0 Å². The van der Waals surface area contributed by atoms with Crippen LogP contribution < -0.4 is 10.6 Å². The number of rotatable bonds is 6. The number of hydrogen-bond acceptors (Lipinski definition) is 5. The number of aryl methyl sites for hydroxylation is 1. The Labute approximate surface area is 169 Å². The number of carbonyl (C=O) groups excluding carboxylic acids is 2. The molecule has 4 rings (SSSR count). The largest absolute Gasteiger partial charge is 0.446 e. The summed E-state index contributed by atoms with van der Waals surface area (Å²) in [6.45, 7) is 2.06. The Morgan fingerprint density at radius 2 is 2.21 bits per heavy atom. The number of ether oxygens (including phenoxy) is 1. The van der Waals surface area contributed by atoms with Gasteiger partial charge in [0.15, 0.2) is 5.82 Å². The van der Waals surface area contributed by atoms with E-state index in [1.54, 1.807) is 10.9 Å². The van der Waals surface area contributed by atoms with Crippen LogP contribution in [0.3, 0.4) is 0 Å². The minimum Gasteiger partial charge on any atom is -0.446 e. The summed E-state index contributed by atoms with van der Waals surface area (Å²) in [7, 11) is 1.82. The maximum Gasteiger partial charge on any atom is 0.407 e. The molecule has 0 aromatic carbocycles. The highest BCUT2D eigenvalue weighted by Crippen LogP contribution is 2.36. The molecule has 2 saturated carbocycles. The van der Waals surface area contributed by atoms with Crippen LogP contribution in [-0.4, -0.2) is 43.6 Å². The molecule has 2 atom stereocenters. The zero-order valence-electron chi connectivity index (χ0n) is 16.9. The lowest BCUT2D eigenvalue weighted by molar-refractivity contribution is -0.115. The van der Waals surface area contributed by atoms with Crippen molar-refractivity contribution in [2.45, 2.75) is 69.4 Å². The summed E-state index contributed by atoms with van der Waals surface area (Å²) in [4.78, 5) is 24.3. The molecular weight excluding hydrogens is 372 g/mol. The van der Waals surface area contributed by atoms with Gasteiger partial charge in [-0.1, -0.05) is 0 Å². The van der Waals surface area contributed by atoms with Crippen molar-refractivity contribution in [3.8, 4) is 0 Å². The third-order valence-corrected chi connectivity index (χ3v) is 5.95. The molecule has 0 radical (unpaired) electrons. The van der Waals surface area contributed by atoms with Crippen molar-refractivity contribution in [1.29, 1.82) is 0 Å². The molecule has 2 aliphatic carbocycles. The summed E-state index contributed by atoms with van der Waals surface area (Å²) in [6.07, 6.45) is 9.03. The Kier molecular flexibility index (Phi) is 5.29. The van der Waals surface area contributed by atoms with Gasteiger partial charge in [0.2, 0.25) is 5.91 Å². The highest BCUT2D eigenvalue weighted by Gasteiger charge is 2.35. The van der Waals surface area contributed by atoms with Gasteiger partial charge in [-0.25, -0.2) is 4.79 Å². The average Bonchev–Trinajstić information content (AvgIpc) is 3.35. The topological polar surface area (TPSA) is 114 Å². The Hall–Kier alpha value is -2.84. The van der Waals surface area contributed by atoms with Gasteiger partial charge in [0.25, 0.3) is 0 Å². The minimum absolute atomic E-state index is 0.0874. The number of aromatic nitrogens is 4. The molecule has 3 N–H and O–H groups in total. The van der Waals surface area contributed by atoms with Gasteiger partial charge < -0.3 is 15.4 Å². The smallest absolute Gasteiger partial charge is 0.407 e. The normalized spacial score (nSPS) is 22.7. The van der Waals surface area contributed by atoms with Crippen LogP contribution in [0.4, 0.5) is 10.6 Å². The van der Waals surface area contributed by atoms with Crippen LogP contribution in [0, 0.1) is 0 Å². The van der Waals surface area contributed by atoms with Gasteiger partial charge in [-0.2, -0.15) is 10.2 Å². The SMILES string of the molecule is Cn1cc(CC(=O)Nc2cc([C@H]3CC[C@@H](OC(=O)NC4(C)CCC4)C3)[nH]n2)cn1. The fourth-order valence-electron chi connectivity index (χ4n) is 4.13. The van der Waals surface area contributed by atoms with Gasteiger partial charge in [-0.05, 0) is 51.0 Å². The third kappa shape index (κ3) is 4.78. The average molecular weight is 400 g/mol. The monoisotopic (exact) mass is 400 g/mol. The number of nitrogens with one attached hydrogen (secondary N) is 3. The predicted molar refractivity (Wildman–Crippen MR) is 106 cm³/mol. The van der Waals surface area contributed by atoms with E-state index in [0.29, 0.717) is 5.82 Å². The van der Waals surface area contributed by atoms with E-state index in [1.807, 2.05) is 19.3 Å². The molecular formula is C20H28N6O3. The Morgan fingerprint density at radius 1 is 1.38 bits per heavy atom. The maximum absolute atomic E-state index is 12.2. The second-order valence-electron chi connectivity index (χ2n) is 8.53. The van der Waals surface area contributed by atoms with Crippen molar-refractivity contribution in [2.24, 2.45) is 7.05 Å². The van der Waals surface area contributed by atoms with E-state index in [1.165, 1.54) is 0 Å². The van der Waals surface area contributed by atoms with Crippen molar-refractivity contribution in [2.75, 3.05) is 5.32 Å². The molecule has 0 bridgehead atoms. The number of nitrogens with zero attached hydrogens (tertiary/aromatic N) is 3. The van der Waals surface area contributed by atoms with E-state index < -0.39 is 0 Å². The first-order valence-electron chi connectivity index (χ1n) is 10.2. The van der Waals surface area contributed by atoms with Gasteiger partial charge in [0.1, 0.15) is 6.10 Å². The van der Waals surface area contributed by atoms with Gasteiger partial charge in [-0.3, -0.25) is 14.6 Å². The van der Waals surface area contributed by atoms with E-state index in [2.05, 4.69) is 32.9 Å². The molecule has 0 unspecified atom stereocenters. The molecule has 2 heterocycles. The predicted octanol–water partition coefficient (Wildman–Crippen LogP) is 2.63. The lowest BCUT2D eigenvalue weighted by Crippen LogP contribution is -2.51. The first-order valence-corrected chi connectivity index (χ1v) is 10.2. The van der Waals surface area contributed by atoms with Crippen molar-refractivity contribution in [3.05, 3.63) is 29.7 Å². The van der Waals surface area contributed by atoms with Crippen molar-refractivity contribution < 1.29 is 14.3 Å². The van der Waals surface area contributed by atoms with Crippen molar-refractivity contribution in [1.82, 2.24) is 25.3 Å². The summed E-state index contributed by atoms with van der Waals surface area (Å²) in [5.41, 5.74) is 1.71. The summed E-state index contributed by atoms with van der Waals surface area (Å²) in [5.74, 6) is 0.613. The Balaban J connectivity index is 1.25. The van der Waals surface area contributed by atoms with Gasteiger partial charge in [0, 0.05) is 36.5 Å². The lowest BCUT2D eigenvalue weighted by Gasteiger charge is -2.38. The second-order valence-corrected chi connectivity index (χ2v) is 8.53. The molecule has 0 saturated heterocycles. The number of H-pyrrole nitrogens is 1. The highest BCUT2D eigenvalue weighted by molar-refractivity contribution is 5.91. The van der Waals surface area contributed by atoms with Gasteiger partial charge in [-0.15, -0.1) is 0 Å². The standard InChI is InChI=1S/C20H28N6O3/c1-20(6-3-7-20)23-19(28)29-15-5-4-14(9-15)16-10-17(25-24-16)22-18(27)8-13-11-21-26(2)12-13/h10-12,14-15H,3-9H2,1-2H3,(H,23,28)(H2,22,24,25,27)/t14-,15+/m0/s1. The molecule has 2 fully saturated rings. The zero-order chi connectivity index (χ0) is 20.4. The minimum atomic E-state index is -0.314. The molecule has 9 nitrogen and oxygen atoms in total. The molecule has 9 heteroatoms. The van der Waals surface area contributed by atoms with E-state index in [9.17, 15) is 9.59 Å². The number of aromatic amines is 1. The number of amides is 2. The van der Waals surface area contributed by atoms with E-state index >= 15 is 0 Å². The van der Waals surface area contributed by atoms with E-state index in [-0.39, 0.29) is 36.0 Å². The van der Waals surface area contributed by atoms with Crippen LogP contribution >= 0.6 is 0 Å². The number of carbonyl (C=O) groups is 2. The molecule has 2 aliphatic rings. The fourth-order valence-corrected chi connectivity index (χ4v) is 4.13. The van der Waals surface area contributed by atoms with Crippen LogP contribution in [0.15, 0.2) is 18.5 Å². The molecule has 2 aromatic rings. The zero-order valence-corrected chi connectivity index (χ0v) is 16.9. The summed E-state index contributed by atoms with van der Waals surface area (Å²) < 4.78 is 7.28. The van der Waals surface area contributed by atoms with E-state index in [0.717, 1.165) is 49.8 Å². The summed E-state index contributed by atoms with van der Waals surface area (Å²) >= 11 is 0. The van der Waals surface area contributed by atoms with Crippen LogP contribution in [0.25, 0.3) is 0 Å². The number of alkyl carbamates (subject to hydrolysis) is 1. The fraction of sp³-hybridized carbons (Fsp3) is 0.600. The van der Waals surface area contributed by atoms with E-state index in [4.69, 9.17) is 4.74 Å². The van der Waals surface area contributed by atoms with Crippen molar-refractivity contribution in [3.63, 3.8) is 0 Å². The second kappa shape index (κ2) is 7.88. The molecule has 2 aromatic heterocycles. The number of anilines is 1. The molecule has 0 aliphatic heterocycles. The quantitative estimate of drug-likeness (QED) is 0.690. The Morgan fingerprint density at radius 3 is 2.90 bits per heavy atom. The molecule has 29 heavy (non-hydrogen) atoms. The van der Waals surface area contributed by atoms with Gasteiger partial charge >= 0.3 is 6.09 Å². The molecule has 2 amide bonds. The van der Waals surface area contributed by atoms with Crippen molar-refractivity contribution >= 4 is 17.8 Å². The van der Waals surface area contributed by atoms with Crippen LogP contribution in [0.5, 0.6) is 0 Å². The van der Waals surface area contributed by atoms with Gasteiger partial charge in [0.05, 0.1) is 12.6 Å². The molecule has 0 spiro atoms. The summed E-state index contributed by atoms with van der Waals surface area (Å²) in [5, 5.41) is 17.1.